The summed E-state index contributed by atoms with van der Waals surface area (Å²) in [5.41, 5.74) is 6.66. The summed E-state index contributed by atoms with van der Waals surface area (Å²) in [5, 5.41) is 4.82. The second kappa shape index (κ2) is 3.14. The van der Waals surface area contributed by atoms with Gasteiger partial charge in [0.05, 0.1) is 6.42 Å². The lowest BCUT2D eigenvalue weighted by molar-refractivity contribution is -0.117. The van der Waals surface area contributed by atoms with Gasteiger partial charge >= 0.3 is 0 Å². The molecule has 0 bridgehead atoms. The molecule has 0 saturated carbocycles. The van der Waals surface area contributed by atoms with Crippen LogP contribution < -0.4 is 5.73 Å². The van der Waals surface area contributed by atoms with E-state index in [4.69, 9.17) is 10.3 Å². The van der Waals surface area contributed by atoms with Gasteiger partial charge in [-0.2, -0.15) is 0 Å². The van der Waals surface area contributed by atoms with E-state index in [1.54, 1.807) is 0 Å². The summed E-state index contributed by atoms with van der Waals surface area (Å²) in [6.07, 6.45) is 0.198. The van der Waals surface area contributed by atoms with Crippen LogP contribution in [0.5, 0.6) is 0 Å². The number of carbonyl (C=O) groups is 1. The third-order valence-electron chi connectivity index (χ3n) is 2.14. The Kier molecular flexibility index (Phi) is 1.96. The lowest BCUT2D eigenvalue weighted by atomic mass is 10.1. The Balaban J connectivity index is 2.59. The number of primary amides is 1. The van der Waals surface area contributed by atoms with Gasteiger partial charge in [0.15, 0.2) is 0 Å². The van der Waals surface area contributed by atoms with Crippen molar-refractivity contribution < 1.29 is 9.32 Å². The molecule has 0 unspecified atom stereocenters. The Labute approximate surface area is 80.7 Å². The van der Waals surface area contributed by atoms with E-state index < -0.39 is 0 Å². The van der Waals surface area contributed by atoms with E-state index in [2.05, 4.69) is 5.16 Å². The fraction of sp³-hybridized carbons (Fsp3) is 0.200. The second-order valence-corrected chi connectivity index (χ2v) is 3.20. The molecule has 14 heavy (non-hydrogen) atoms. The van der Waals surface area contributed by atoms with Gasteiger partial charge < -0.3 is 10.3 Å². The average Bonchev–Trinajstić information content (AvgIpc) is 2.49. The summed E-state index contributed by atoms with van der Waals surface area (Å²) in [5.74, 6) is 0.393. The molecular formula is C10H10N2O2. The molecule has 0 spiro atoms. The van der Waals surface area contributed by atoms with Crippen molar-refractivity contribution in [3.05, 3.63) is 29.5 Å². The molecule has 0 aliphatic heterocycles. The number of aromatic nitrogens is 1. The molecule has 0 aliphatic rings. The van der Waals surface area contributed by atoms with Gasteiger partial charge in [-0.1, -0.05) is 17.3 Å². The van der Waals surface area contributed by atoms with Crippen molar-refractivity contribution in [1.82, 2.24) is 5.16 Å². The van der Waals surface area contributed by atoms with Crippen LogP contribution >= 0.6 is 0 Å². The Morgan fingerprint density at radius 1 is 1.57 bits per heavy atom. The zero-order valence-corrected chi connectivity index (χ0v) is 7.78. The third kappa shape index (κ3) is 1.35. The van der Waals surface area contributed by atoms with Crippen LogP contribution in [0, 0.1) is 6.92 Å². The standard InChI is InChI=1S/C10H10N2O2/c1-6-8-4-2-3-7(5-9(11)13)10(8)12-14-6/h2-4H,5H2,1H3,(H2,11,13). The molecule has 1 heterocycles. The molecule has 72 valence electrons. The summed E-state index contributed by atoms with van der Waals surface area (Å²) < 4.78 is 5.04. The van der Waals surface area contributed by atoms with Gasteiger partial charge in [0.1, 0.15) is 11.3 Å². The number of hydrogen-bond acceptors (Lipinski definition) is 3. The summed E-state index contributed by atoms with van der Waals surface area (Å²) in [6, 6.07) is 5.60. The maximum absolute atomic E-state index is 10.8. The number of nitrogens with zero attached hydrogens (tertiary/aromatic N) is 1. The molecule has 1 aromatic heterocycles. The van der Waals surface area contributed by atoms with Gasteiger partial charge in [-0.25, -0.2) is 0 Å². The van der Waals surface area contributed by atoms with E-state index in [1.807, 2.05) is 25.1 Å². The molecule has 1 amide bonds. The molecule has 2 N–H and O–H groups in total. The van der Waals surface area contributed by atoms with Crippen molar-refractivity contribution in [2.75, 3.05) is 0 Å². The molecule has 1 aromatic carbocycles. The van der Waals surface area contributed by atoms with E-state index in [-0.39, 0.29) is 12.3 Å². The van der Waals surface area contributed by atoms with Crippen molar-refractivity contribution in [3.63, 3.8) is 0 Å². The van der Waals surface area contributed by atoms with Crippen molar-refractivity contribution in [1.29, 1.82) is 0 Å². The Hall–Kier alpha value is -1.84. The first-order chi connectivity index (χ1) is 6.68. The smallest absolute Gasteiger partial charge is 0.221 e. The first-order valence-electron chi connectivity index (χ1n) is 4.30. The zero-order chi connectivity index (χ0) is 10.1. The molecule has 2 rings (SSSR count). The Morgan fingerprint density at radius 2 is 2.36 bits per heavy atom. The fourth-order valence-electron chi connectivity index (χ4n) is 1.48. The highest BCUT2D eigenvalue weighted by Gasteiger charge is 2.09. The van der Waals surface area contributed by atoms with Crippen LogP contribution in [0.15, 0.2) is 22.7 Å². The minimum atomic E-state index is -0.363. The van der Waals surface area contributed by atoms with Gasteiger partial charge in [0.2, 0.25) is 5.91 Å². The van der Waals surface area contributed by atoms with Crippen LogP contribution in [-0.4, -0.2) is 11.1 Å². The van der Waals surface area contributed by atoms with E-state index >= 15 is 0 Å². The molecule has 4 nitrogen and oxygen atoms in total. The van der Waals surface area contributed by atoms with Gasteiger partial charge in [-0.15, -0.1) is 0 Å². The number of benzene rings is 1. The monoisotopic (exact) mass is 190 g/mol. The largest absolute Gasteiger partial charge is 0.369 e. The van der Waals surface area contributed by atoms with E-state index in [9.17, 15) is 4.79 Å². The van der Waals surface area contributed by atoms with Gasteiger partial charge in [-0.05, 0) is 18.6 Å². The number of nitrogens with two attached hydrogens (primary N) is 1. The maximum atomic E-state index is 10.8. The minimum Gasteiger partial charge on any atom is -0.369 e. The van der Waals surface area contributed by atoms with Gasteiger partial charge in [0.25, 0.3) is 0 Å². The summed E-state index contributed by atoms with van der Waals surface area (Å²) in [6.45, 7) is 1.84. The van der Waals surface area contributed by atoms with Crippen LogP contribution in [0.4, 0.5) is 0 Å². The highest BCUT2D eigenvalue weighted by molar-refractivity contribution is 5.87. The Morgan fingerprint density at radius 3 is 3.07 bits per heavy atom. The number of amides is 1. The summed E-state index contributed by atoms with van der Waals surface area (Å²) >= 11 is 0. The zero-order valence-electron chi connectivity index (χ0n) is 7.78. The maximum Gasteiger partial charge on any atom is 0.221 e. The molecule has 0 atom stereocenters. The third-order valence-corrected chi connectivity index (χ3v) is 2.14. The van der Waals surface area contributed by atoms with E-state index in [1.165, 1.54) is 0 Å². The second-order valence-electron chi connectivity index (χ2n) is 3.20. The molecule has 4 heteroatoms. The minimum absolute atomic E-state index is 0.198. The van der Waals surface area contributed by atoms with Crippen molar-refractivity contribution in [2.24, 2.45) is 5.73 Å². The number of hydrogen-bond donors (Lipinski definition) is 1. The molecule has 0 saturated heterocycles. The number of carbonyl (C=O) groups excluding carboxylic acids is 1. The molecule has 0 fully saturated rings. The van der Waals surface area contributed by atoms with Crippen LogP contribution in [-0.2, 0) is 11.2 Å². The predicted octanol–water partition coefficient (Wildman–Crippen LogP) is 1.16. The predicted molar refractivity (Wildman–Crippen MR) is 51.6 cm³/mol. The van der Waals surface area contributed by atoms with Crippen molar-refractivity contribution in [2.45, 2.75) is 13.3 Å². The van der Waals surface area contributed by atoms with Crippen LogP contribution in [0.1, 0.15) is 11.3 Å². The number of rotatable bonds is 2. The van der Waals surface area contributed by atoms with Gasteiger partial charge in [-0.3, -0.25) is 4.79 Å². The average molecular weight is 190 g/mol. The topological polar surface area (TPSA) is 69.1 Å². The summed E-state index contributed by atoms with van der Waals surface area (Å²) in [4.78, 5) is 10.8. The summed E-state index contributed by atoms with van der Waals surface area (Å²) in [7, 11) is 0. The number of fused-ring (bicyclic) bond motifs is 1. The molecule has 0 aliphatic carbocycles. The van der Waals surface area contributed by atoms with Crippen LogP contribution in [0.2, 0.25) is 0 Å². The molecular weight excluding hydrogens is 180 g/mol. The SMILES string of the molecule is Cc1onc2c(CC(N)=O)cccc12. The lowest BCUT2D eigenvalue weighted by Crippen LogP contribution is -2.13. The highest BCUT2D eigenvalue weighted by Crippen LogP contribution is 2.20. The highest BCUT2D eigenvalue weighted by atomic mass is 16.5. The molecule has 2 aromatic rings. The van der Waals surface area contributed by atoms with Gasteiger partial charge in [0, 0.05) is 5.39 Å². The molecule has 0 radical (unpaired) electrons. The Bertz CT molecular complexity index is 488. The van der Waals surface area contributed by atoms with Crippen LogP contribution in [0.3, 0.4) is 0 Å². The normalized spacial score (nSPS) is 10.6. The fourth-order valence-corrected chi connectivity index (χ4v) is 1.48. The first-order valence-corrected chi connectivity index (χ1v) is 4.30. The van der Waals surface area contributed by atoms with Crippen molar-refractivity contribution in [3.8, 4) is 0 Å². The lowest BCUT2D eigenvalue weighted by Gasteiger charge is -1.97. The van der Waals surface area contributed by atoms with Crippen molar-refractivity contribution >= 4 is 16.8 Å². The van der Waals surface area contributed by atoms with E-state index in [0.717, 1.165) is 22.2 Å². The number of aryl methyl sites for hydroxylation is 1. The van der Waals surface area contributed by atoms with E-state index in [0.29, 0.717) is 0 Å². The van der Waals surface area contributed by atoms with Crippen LogP contribution in [0.25, 0.3) is 10.9 Å². The first kappa shape index (κ1) is 8.74. The quantitative estimate of drug-likeness (QED) is 0.772.